The third kappa shape index (κ3) is 5.57. The summed E-state index contributed by atoms with van der Waals surface area (Å²) in [6, 6.07) is 14.1. The van der Waals surface area contributed by atoms with Gasteiger partial charge in [0.25, 0.3) is 0 Å². The zero-order chi connectivity index (χ0) is 19.9. The molecule has 1 fully saturated rings. The predicted octanol–water partition coefficient (Wildman–Crippen LogP) is 3.47. The van der Waals surface area contributed by atoms with E-state index >= 15 is 0 Å². The number of likely N-dealkylation sites (tertiary alicyclic amines) is 1. The third-order valence-corrected chi connectivity index (χ3v) is 4.57. The van der Waals surface area contributed by atoms with Crippen LogP contribution in [0.15, 0.2) is 48.5 Å². The fourth-order valence-electron chi connectivity index (χ4n) is 3.13. The molecule has 0 saturated carbocycles. The quantitative estimate of drug-likeness (QED) is 0.684. The lowest BCUT2D eigenvalue weighted by Crippen LogP contribution is -2.23. The van der Waals surface area contributed by atoms with Crippen LogP contribution in [0.2, 0.25) is 0 Å². The van der Waals surface area contributed by atoms with Crippen LogP contribution < -0.4 is 10.6 Å². The van der Waals surface area contributed by atoms with Crippen molar-refractivity contribution in [3.63, 3.8) is 0 Å². The van der Waals surface area contributed by atoms with Crippen LogP contribution in [0.1, 0.15) is 30.4 Å². The van der Waals surface area contributed by atoms with Crippen molar-refractivity contribution >= 4 is 29.3 Å². The SMILES string of the molecule is O=C(O)CCc1cccc(NC(=O)Nc2ccc(CN3CCCC3=O)cc2)c1. The molecule has 0 spiro atoms. The molecule has 2 aromatic rings. The highest BCUT2D eigenvalue weighted by Crippen LogP contribution is 2.17. The van der Waals surface area contributed by atoms with Gasteiger partial charge in [-0.1, -0.05) is 24.3 Å². The number of aryl methyl sites for hydroxylation is 1. The van der Waals surface area contributed by atoms with E-state index in [0.29, 0.717) is 30.8 Å². The fraction of sp³-hybridized carbons (Fsp3) is 0.286. The number of benzene rings is 2. The molecular weight excluding hydrogens is 358 g/mol. The van der Waals surface area contributed by atoms with Gasteiger partial charge in [-0.3, -0.25) is 9.59 Å². The molecule has 1 heterocycles. The van der Waals surface area contributed by atoms with Gasteiger partial charge in [-0.25, -0.2) is 4.79 Å². The van der Waals surface area contributed by atoms with Crippen LogP contribution in [0.25, 0.3) is 0 Å². The molecule has 0 aliphatic carbocycles. The van der Waals surface area contributed by atoms with Crippen molar-refractivity contribution in [3.05, 3.63) is 59.7 Å². The van der Waals surface area contributed by atoms with Crippen molar-refractivity contribution in [3.8, 4) is 0 Å². The minimum atomic E-state index is -0.853. The summed E-state index contributed by atoms with van der Waals surface area (Å²) < 4.78 is 0. The van der Waals surface area contributed by atoms with Gasteiger partial charge in [0.2, 0.25) is 5.91 Å². The highest BCUT2D eigenvalue weighted by molar-refractivity contribution is 5.99. The van der Waals surface area contributed by atoms with E-state index in [1.165, 1.54) is 0 Å². The summed E-state index contributed by atoms with van der Waals surface area (Å²) in [4.78, 5) is 36.4. The molecule has 146 valence electrons. The number of nitrogens with zero attached hydrogens (tertiary/aromatic N) is 1. The maximum atomic E-state index is 12.2. The van der Waals surface area contributed by atoms with Crippen molar-refractivity contribution in [2.45, 2.75) is 32.2 Å². The van der Waals surface area contributed by atoms with Gasteiger partial charge in [-0.05, 0) is 48.2 Å². The van der Waals surface area contributed by atoms with Crippen molar-refractivity contribution in [2.24, 2.45) is 0 Å². The Morgan fingerprint density at radius 2 is 1.75 bits per heavy atom. The summed E-state index contributed by atoms with van der Waals surface area (Å²) in [5, 5.41) is 14.3. The number of anilines is 2. The van der Waals surface area contributed by atoms with E-state index in [4.69, 9.17) is 5.11 Å². The van der Waals surface area contributed by atoms with Crippen LogP contribution in [-0.2, 0) is 22.6 Å². The zero-order valence-electron chi connectivity index (χ0n) is 15.5. The Hall–Kier alpha value is -3.35. The van der Waals surface area contributed by atoms with Gasteiger partial charge in [0.1, 0.15) is 0 Å². The largest absolute Gasteiger partial charge is 0.481 e. The molecule has 0 atom stereocenters. The molecule has 0 bridgehead atoms. The number of hydrogen-bond acceptors (Lipinski definition) is 3. The van der Waals surface area contributed by atoms with Crippen molar-refractivity contribution in [2.75, 3.05) is 17.2 Å². The Bertz CT molecular complexity index is 864. The number of nitrogens with one attached hydrogen (secondary N) is 2. The van der Waals surface area contributed by atoms with Crippen LogP contribution >= 0.6 is 0 Å². The molecule has 7 heteroatoms. The Morgan fingerprint density at radius 1 is 1.00 bits per heavy atom. The summed E-state index contributed by atoms with van der Waals surface area (Å²) in [5.74, 6) is -0.666. The Morgan fingerprint density at radius 3 is 2.43 bits per heavy atom. The minimum absolute atomic E-state index is 0.0467. The summed E-state index contributed by atoms with van der Waals surface area (Å²) in [7, 11) is 0. The molecule has 1 aliphatic rings. The second-order valence-electron chi connectivity index (χ2n) is 6.79. The average Bonchev–Trinajstić information content (AvgIpc) is 3.06. The second-order valence-corrected chi connectivity index (χ2v) is 6.79. The standard InChI is InChI=1S/C21H23N3O4/c25-19-5-2-12-24(19)14-16-6-9-17(10-7-16)22-21(28)23-18-4-1-3-15(13-18)8-11-20(26)27/h1,3-4,6-7,9-10,13H,2,5,8,11-12,14H2,(H,26,27)(H2,22,23,28). The fourth-order valence-corrected chi connectivity index (χ4v) is 3.13. The lowest BCUT2D eigenvalue weighted by atomic mass is 10.1. The third-order valence-electron chi connectivity index (χ3n) is 4.57. The molecule has 0 radical (unpaired) electrons. The zero-order valence-corrected chi connectivity index (χ0v) is 15.5. The van der Waals surface area contributed by atoms with E-state index in [9.17, 15) is 14.4 Å². The number of carbonyl (C=O) groups is 3. The van der Waals surface area contributed by atoms with Crippen LogP contribution in [0.5, 0.6) is 0 Å². The monoisotopic (exact) mass is 381 g/mol. The van der Waals surface area contributed by atoms with E-state index in [-0.39, 0.29) is 18.4 Å². The van der Waals surface area contributed by atoms with Gasteiger partial charge in [0.05, 0.1) is 0 Å². The van der Waals surface area contributed by atoms with Crippen LogP contribution in [-0.4, -0.2) is 34.5 Å². The molecule has 0 aromatic heterocycles. The van der Waals surface area contributed by atoms with Crippen molar-refractivity contribution in [1.29, 1.82) is 0 Å². The predicted molar refractivity (Wildman–Crippen MR) is 106 cm³/mol. The van der Waals surface area contributed by atoms with E-state index in [2.05, 4.69) is 10.6 Å². The normalized spacial score (nSPS) is 13.4. The lowest BCUT2D eigenvalue weighted by molar-refractivity contribution is -0.137. The van der Waals surface area contributed by atoms with Gasteiger partial charge >= 0.3 is 12.0 Å². The lowest BCUT2D eigenvalue weighted by Gasteiger charge is -2.15. The number of hydrogen-bond donors (Lipinski definition) is 3. The molecule has 28 heavy (non-hydrogen) atoms. The smallest absolute Gasteiger partial charge is 0.323 e. The summed E-state index contributed by atoms with van der Waals surface area (Å²) in [6.45, 7) is 1.39. The maximum Gasteiger partial charge on any atom is 0.323 e. The molecule has 1 aliphatic heterocycles. The van der Waals surface area contributed by atoms with E-state index < -0.39 is 5.97 Å². The summed E-state index contributed by atoms with van der Waals surface area (Å²) in [6.07, 6.45) is 1.99. The van der Waals surface area contributed by atoms with Crippen LogP contribution in [0, 0.1) is 0 Å². The summed E-state index contributed by atoms with van der Waals surface area (Å²) in [5.41, 5.74) is 3.12. The molecule has 3 rings (SSSR count). The first kappa shape index (κ1) is 19.4. The van der Waals surface area contributed by atoms with Gasteiger partial charge < -0.3 is 20.6 Å². The molecule has 7 nitrogen and oxygen atoms in total. The van der Waals surface area contributed by atoms with Crippen molar-refractivity contribution < 1.29 is 19.5 Å². The first-order valence-electron chi connectivity index (χ1n) is 9.25. The van der Waals surface area contributed by atoms with Crippen LogP contribution in [0.4, 0.5) is 16.2 Å². The Kier molecular flexibility index (Phi) is 6.26. The molecule has 3 amide bonds. The minimum Gasteiger partial charge on any atom is -0.481 e. The van der Waals surface area contributed by atoms with Crippen molar-refractivity contribution in [1.82, 2.24) is 4.90 Å². The number of carboxylic acids is 1. The number of carboxylic acid groups (broad SMARTS) is 1. The second kappa shape index (κ2) is 9.03. The van der Waals surface area contributed by atoms with Gasteiger partial charge in [-0.2, -0.15) is 0 Å². The van der Waals surface area contributed by atoms with Gasteiger partial charge in [0, 0.05) is 37.3 Å². The molecule has 0 unspecified atom stereocenters. The molecule has 2 aromatic carbocycles. The Labute approximate surface area is 163 Å². The number of aliphatic carboxylic acids is 1. The number of rotatable bonds is 7. The number of carbonyl (C=O) groups excluding carboxylic acids is 2. The summed E-state index contributed by atoms with van der Waals surface area (Å²) >= 11 is 0. The van der Waals surface area contributed by atoms with Crippen LogP contribution in [0.3, 0.4) is 0 Å². The number of urea groups is 1. The van der Waals surface area contributed by atoms with Gasteiger partial charge in [0.15, 0.2) is 0 Å². The Balaban J connectivity index is 1.52. The van der Waals surface area contributed by atoms with Gasteiger partial charge in [-0.15, -0.1) is 0 Å². The molecule has 1 saturated heterocycles. The first-order chi connectivity index (χ1) is 13.5. The average molecular weight is 381 g/mol. The molecular formula is C21H23N3O4. The number of amides is 3. The highest BCUT2D eigenvalue weighted by atomic mass is 16.4. The first-order valence-corrected chi connectivity index (χ1v) is 9.25. The van der Waals surface area contributed by atoms with E-state index in [1.807, 2.05) is 23.1 Å². The molecule has 3 N–H and O–H groups in total. The van der Waals surface area contributed by atoms with E-state index in [0.717, 1.165) is 24.1 Å². The van der Waals surface area contributed by atoms with E-state index in [1.54, 1.807) is 30.3 Å². The highest BCUT2D eigenvalue weighted by Gasteiger charge is 2.19. The topological polar surface area (TPSA) is 98.7 Å². The maximum absolute atomic E-state index is 12.2.